The standard InChI is InChI=1S/C9H18ClNO3S/c1-2-8(10)6-11-15(12,13)7-9-4-3-5-14-9/h8-9,11H,2-7H2,1H3. The lowest BCUT2D eigenvalue weighted by Gasteiger charge is -2.12. The fraction of sp³-hybridized carbons (Fsp3) is 1.00. The second-order valence-electron chi connectivity index (χ2n) is 3.77. The first-order valence-electron chi connectivity index (χ1n) is 5.26. The van der Waals surface area contributed by atoms with E-state index in [1.165, 1.54) is 0 Å². The van der Waals surface area contributed by atoms with Gasteiger partial charge < -0.3 is 4.74 Å². The van der Waals surface area contributed by atoms with E-state index in [2.05, 4.69) is 4.72 Å². The lowest BCUT2D eigenvalue weighted by Crippen LogP contribution is -2.35. The molecule has 0 aromatic carbocycles. The average molecular weight is 256 g/mol. The fourth-order valence-corrected chi connectivity index (χ4v) is 2.94. The summed E-state index contributed by atoms with van der Waals surface area (Å²) in [5, 5.41) is -0.135. The van der Waals surface area contributed by atoms with Gasteiger partial charge in [0.2, 0.25) is 10.0 Å². The molecule has 0 saturated carbocycles. The molecule has 15 heavy (non-hydrogen) atoms. The van der Waals surface area contributed by atoms with Crippen molar-refractivity contribution in [2.45, 2.75) is 37.7 Å². The molecular weight excluding hydrogens is 238 g/mol. The van der Waals surface area contributed by atoms with E-state index >= 15 is 0 Å². The third-order valence-electron chi connectivity index (χ3n) is 2.40. The van der Waals surface area contributed by atoms with Crippen LogP contribution in [0.5, 0.6) is 0 Å². The molecule has 0 radical (unpaired) electrons. The lowest BCUT2D eigenvalue weighted by molar-refractivity contribution is 0.127. The van der Waals surface area contributed by atoms with E-state index in [1.807, 2.05) is 6.92 Å². The topological polar surface area (TPSA) is 55.4 Å². The Morgan fingerprint density at radius 3 is 2.87 bits per heavy atom. The van der Waals surface area contributed by atoms with Crippen molar-refractivity contribution >= 4 is 21.6 Å². The summed E-state index contributed by atoms with van der Waals surface area (Å²) in [4.78, 5) is 0. The molecule has 0 aromatic rings. The largest absolute Gasteiger partial charge is 0.377 e. The first-order chi connectivity index (χ1) is 7.03. The Bertz CT molecular complexity index is 275. The highest BCUT2D eigenvalue weighted by Crippen LogP contribution is 2.13. The highest BCUT2D eigenvalue weighted by atomic mass is 35.5. The van der Waals surface area contributed by atoms with E-state index in [0.29, 0.717) is 13.2 Å². The quantitative estimate of drug-likeness (QED) is 0.724. The maximum absolute atomic E-state index is 11.6. The summed E-state index contributed by atoms with van der Waals surface area (Å²) in [6, 6.07) is 0. The molecule has 0 amide bonds. The van der Waals surface area contributed by atoms with Crippen LogP contribution in [0.1, 0.15) is 26.2 Å². The van der Waals surface area contributed by atoms with Crippen LogP contribution >= 0.6 is 11.6 Å². The zero-order valence-corrected chi connectivity index (χ0v) is 10.5. The average Bonchev–Trinajstić information content (AvgIpc) is 2.66. The predicted molar refractivity (Wildman–Crippen MR) is 60.7 cm³/mol. The van der Waals surface area contributed by atoms with Crippen molar-refractivity contribution in [2.75, 3.05) is 18.9 Å². The Hall–Kier alpha value is 0.160. The smallest absolute Gasteiger partial charge is 0.214 e. The number of halogens is 1. The van der Waals surface area contributed by atoms with Crippen LogP contribution in [0.2, 0.25) is 0 Å². The number of sulfonamides is 1. The molecule has 0 aromatic heterocycles. The molecule has 1 aliphatic rings. The van der Waals surface area contributed by atoms with Gasteiger partial charge in [0.25, 0.3) is 0 Å². The Kier molecular flexibility index (Phi) is 5.32. The van der Waals surface area contributed by atoms with Gasteiger partial charge in [-0.05, 0) is 19.3 Å². The first-order valence-corrected chi connectivity index (χ1v) is 7.35. The highest BCUT2D eigenvalue weighted by molar-refractivity contribution is 7.89. The van der Waals surface area contributed by atoms with Gasteiger partial charge in [-0.25, -0.2) is 13.1 Å². The van der Waals surface area contributed by atoms with Crippen LogP contribution < -0.4 is 4.72 Å². The van der Waals surface area contributed by atoms with Crippen LogP contribution in [-0.2, 0) is 14.8 Å². The highest BCUT2D eigenvalue weighted by Gasteiger charge is 2.23. The monoisotopic (exact) mass is 255 g/mol. The molecule has 2 atom stereocenters. The second kappa shape index (κ2) is 6.03. The molecule has 0 spiro atoms. The number of ether oxygens (including phenoxy) is 1. The van der Waals surface area contributed by atoms with Crippen molar-refractivity contribution in [1.82, 2.24) is 4.72 Å². The summed E-state index contributed by atoms with van der Waals surface area (Å²) in [5.74, 6) is 0.0559. The van der Waals surface area contributed by atoms with Gasteiger partial charge in [-0.2, -0.15) is 0 Å². The van der Waals surface area contributed by atoms with E-state index in [1.54, 1.807) is 0 Å². The van der Waals surface area contributed by atoms with Gasteiger partial charge in [0, 0.05) is 18.5 Å². The molecule has 1 fully saturated rings. The maximum atomic E-state index is 11.6. The molecule has 6 heteroatoms. The van der Waals surface area contributed by atoms with Crippen molar-refractivity contribution in [3.63, 3.8) is 0 Å². The molecule has 90 valence electrons. The number of rotatable bonds is 6. The maximum Gasteiger partial charge on any atom is 0.214 e. The summed E-state index contributed by atoms with van der Waals surface area (Å²) in [6.45, 7) is 2.90. The molecule has 1 aliphatic heterocycles. The van der Waals surface area contributed by atoms with Crippen LogP contribution in [0.15, 0.2) is 0 Å². The van der Waals surface area contributed by atoms with Gasteiger partial charge in [0.1, 0.15) is 0 Å². The molecule has 1 rings (SSSR count). The number of nitrogens with one attached hydrogen (secondary N) is 1. The molecule has 0 aliphatic carbocycles. The second-order valence-corrected chi connectivity index (χ2v) is 6.24. The van der Waals surface area contributed by atoms with Gasteiger partial charge in [-0.1, -0.05) is 6.92 Å². The van der Waals surface area contributed by atoms with Crippen molar-refractivity contribution in [3.8, 4) is 0 Å². The molecule has 1 saturated heterocycles. The molecule has 0 bridgehead atoms. The normalized spacial score (nSPS) is 24.3. The van der Waals surface area contributed by atoms with Crippen LogP contribution in [0.3, 0.4) is 0 Å². The van der Waals surface area contributed by atoms with Crippen molar-refractivity contribution < 1.29 is 13.2 Å². The zero-order valence-electron chi connectivity index (χ0n) is 8.91. The Balaban J connectivity index is 2.31. The molecule has 4 nitrogen and oxygen atoms in total. The van der Waals surface area contributed by atoms with Crippen molar-refractivity contribution in [2.24, 2.45) is 0 Å². The van der Waals surface area contributed by atoms with E-state index in [9.17, 15) is 8.42 Å². The van der Waals surface area contributed by atoms with Crippen molar-refractivity contribution in [1.29, 1.82) is 0 Å². The molecule has 2 unspecified atom stereocenters. The summed E-state index contributed by atoms with van der Waals surface area (Å²) in [5.41, 5.74) is 0. The van der Waals surface area contributed by atoms with Crippen LogP contribution in [0.4, 0.5) is 0 Å². The van der Waals surface area contributed by atoms with Crippen molar-refractivity contribution in [3.05, 3.63) is 0 Å². The molecule has 1 N–H and O–H groups in total. The number of hydrogen-bond acceptors (Lipinski definition) is 3. The molecular formula is C9H18ClNO3S. The Morgan fingerprint density at radius 2 is 2.33 bits per heavy atom. The third-order valence-corrected chi connectivity index (χ3v) is 4.28. The summed E-state index contributed by atoms with van der Waals surface area (Å²) < 4.78 is 30.9. The van der Waals surface area contributed by atoms with Gasteiger partial charge in [0.05, 0.1) is 11.9 Å². The predicted octanol–water partition coefficient (Wildman–Crippen LogP) is 1.10. The van der Waals surface area contributed by atoms with E-state index in [4.69, 9.17) is 16.3 Å². The van der Waals surface area contributed by atoms with Crippen LogP contribution in [0, 0.1) is 0 Å². The molecule has 1 heterocycles. The number of hydrogen-bond donors (Lipinski definition) is 1. The minimum Gasteiger partial charge on any atom is -0.377 e. The van der Waals surface area contributed by atoms with E-state index in [-0.39, 0.29) is 17.2 Å². The summed E-state index contributed by atoms with van der Waals surface area (Å²) in [7, 11) is -3.23. The zero-order chi connectivity index (χ0) is 11.3. The van der Waals surface area contributed by atoms with E-state index < -0.39 is 10.0 Å². The third kappa shape index (κ3) is 5.15. The Labute approximate surface area is 96.4 Å². The van der Waals surface area contributed by atoms with Gasteiger partial charge in [0.15, 0.2) is 0 Å². The first kappa shape index (κ1) is 13.2. The van der Waals surface area contributed by atoms with Crippen LogP contribution in [0.25, 0.3) is 0 Å². The van der Waals surface area contributed by atoms with Crippen LogP contribution in [-0.4, -0.2) is 38.8 Å². The minimum atomic E-state index is -3.23. The minimum absolute atomic E-state index is 0.0559. The van der Waals surface area contributed by atoms with Gasteiger partial charge in [-0.3, -0.25) is 0 Å². The number of alkyl halides is 1. The SMILES string of the molecule is CCC(Cl)CNS(=O)(=O)CC1CCCO1. The van der Waals surface area contributed by atoms with E-state index in [0.717, 1.165) is 19.3 Å². The van der Waals surface area contributed by atoms with Gasteiger partial charge in [-0.15, -0.1) is 11.6 Å². The fourth-order valence-electron chi connectivity index (χ4n) is 1.44. The summed E-state index contributed by atoms with van der Waals surface area (Å²) in [6.07, 6.45) is 2.40. The Morgan fingerprint density at radius 1 is 1.60 bits per heavy atom. The summed E-state index contributed by atoms with van der Waals surface area (Å²) >= 11 is 5.83. The lowest BCUT2D eigenvalue weighted by atomic mass is 10.3. The van der Waals surface area contributed by atoms with Gasteiger partial charge >= 0.3 is 0 Å².